The van der Waals surface area contributed by atoms with Gasteiger partial charge in [0.05, 0.1) is 16.8 Å². The number of carbonyl (C=O) groups excluding carboxylic acids is 2. The number of nitrogens with one attached hydrogen (secondary N) is 1. The number of hydrogen-bond acceptors (Lipinski definition) is 2. The number of aryl methyl sites for hydroxylation is 1. The summed E-state index contributed by atoms with van der Waals surface area (Å²) >= 11 is 0. The summed E-state index contributed by atoms with van der Waals surface area (Å²) in [6, 6.07) is 19.0. The van der Waals surface area contributed by atoms with Crippen LogP contribution in [0.2, 0.25) is 0 Å². The van der Waals surface area contributed by atoms with Crippen LogP contribution in [0.1, 0.15) is 43.2 Å². The molecule has 0 bridgehead atoms. The minimum Gasteiger partial charge on any atom is -0.322 e. The van der Waals surface area contributed by atoms with Gasteiger partial charge >= 0.3 is 6.18 Å². The molecule has 4 nitrogen and oxygen atoms in total. The lowest BCUT2D eigenvalue weighted by atomic mass is 10.0. The largest absolute Gasteiger partial charge is 0.418 e. The molecule has 0 aliphatic carbocycles. The van der Waals surface area contributed by atoms with Gasteiger partial charge in [0.1, 0.15) is 5.82 Å². The first-order valence-electron chi connectivity index (χ1n) is 10.6. The Morgan fingerprint density at radius 3 is 2.09 bits per heavy atom. The zero-order valence-electron chi connectivity index (χ0n) is 18.8. The highest BCUT2D eigenvalue weighted by Gasteiger charge is 2.35. The number of ketones is 1. The molecule has 4 rings (SSSR count). The predicted octanol–water partition coefficient (Wildman–Crippen LogP) is 6.74. The number of benzene rings is 3. The van der Waals surface area contributed by atoms with E-state index < -0.39 is 23.5 Å². The minimum atomic E-state index is -4.78. The molecule has 0 saturated carbocycles. The van der Waals surface area contributed by atoms with Crippen LogP contribution in [0.15, 0.2) is 78.9 Å². The molecule has 0 radical (unpaired) electrons. The van der Waals surface area contributed by atoms with Crippen LogP contribution in [-0.4, -0.2) is 16.3 Å². The van der Waals surface area contributed by atoms with Crippen LogP contribution in [0.5, 0.6) is 0 Å². The molecule has 1 amide bonds. The number of alkyl halides is 3. The van der Waals surface area contributed by atoms with Gasteiger partial charge in [-0.15, -0.1) is 0 Å². The van der Waals surface area contributed by atoms with Gasteiger partial charge in [0.15, 0.2) is 5.78 Å². The molecular formula is C27H20F4N2O2. The molecule has 3 aromatic carbocycles. The van der Waals surface area contributed by atoms with E-state index in [0.29, 0.717) is 28.6 Å². The summed E-state index contributed by atoms with van der Waals surface area (Å²) in [4.78, 5) is 25.5. The van der Waals surface area contributed by atoms with Crippen molar-refractivity contribution in [1.82, 2.24) is 4.57 Å². The Morgan fingerprint density at radius 2 is 1.46 bits per heavy atom. The molecule has 178 valence electrons. The van der Waals surface area contributed by atoms with E-state index in [4.69, 9.17) is 0 Å². The van der Waals surface area contributed by atoms with Crippen LogP contribution in [0.3, 0.4) is 0 Å². The number of carbonyl (C=O) groups is 2. The van der Waals surface area contributed by atoms with Crippen LogP contribution in [0, 0.1) is 19.7 Å². The highest BCUT2D eigenvalue weighted by Crippen LogP contribution is 2.36. The molecule has 0 spiro atoms. The monoisotopic (exact) mass is 480 g/mol. The predicted molar refractivity (Wildman–Crippen MR) is 124 cm³/mol. The number of anilines is 1. The van der Waals surface area contributed by atoms with Gasteiger partial charge in [0.25, 0.3) is 5.91 Å². The van der Waals surface area contributed by atoms with Crippen molar-refractivity contribution in [3.8, 4) is 5.69 Å². The van der Waals surface area contributed by atoms with E-state index in [1.807, 2.05) is 6.07 Å². The minimum absolute atomic E-state index is 0.160. The number of aromatic nitrogens is 1. The van der Waals surface area contributed by atoms with Crippen molar-refractivity contribution < 1.29 is 27.2 Å². The Balaban J connectivity index is 1.60. The maximum absolute atomic E-state index is 13.6. The normalized spacial score (nSPS) is 11.4. The van der Waals surface area contributed by atoms with E-state index in [-0.39, 0.29) is 22.7 Å². The maximum atomic E-state index is 13.6. The average molecular weight is 480 g/mol. The standard InChI is InChI=1S/C27H20F4N2O2/c1-16-14-22(17(2)33(16)24-13-10-20(28)15-23(24)27(29,30)31)26(35)32-21-11-8-19(9-12-21)25(34)18-6-4-3-5-7-18/h3-15H,1-2H3,(H,32,35). The highest BCUT2D eigenvalue weighted by molar-refractivity contribution is 6.09. The molecular weight excluding hydrogens is 460 g/mol. The number of hydrogen-bond donors (Lipinski definition) is 1. The van der Waals surface area contributed by atoms with E-state index >= 15 is 0 Å². The third-order valence-corrected chi connectivity index (χ3v) is 5.62. The van der Waals surface area contributed by atoms with Crippen LogP contribution >= 0.6 is 0 Å². The van der Waals surface area contributed by atoms with Crippen LogP contribution in [-0.2, 0) is 6.18 Å². The lowest BCUT2D eigenvalue weighted by Gasteiger charge is -2.17. The molecule has 4 aromatic rings. The lowest BCUT2D eigenvalue weighted by Crippen LogP contribution is -2.15. The Morgan fingerprint density at radius 1 is 0.829 bits per heavy atom. The average Bonchev–Trinajstić information content (AvgIpc) is 3.13. The molecule has 1 heterocycles. The molecule has 8 heteroatoms. The topological polar surface area (TPSA) is 51.1 Å². The van der Waals surface area contributed by atoms with Gasteiger partial charge in [-0.2, -0.15) is 13.2 Å². The van der Waals surface area contributed by atoms with Gasteiger partial charge in [0.2, 0.25) is 0 Å². The molecule has 1 N–H and O–H groups in total. The summed E-state index contributed by atoms with van der Waals surface area (Å²) in [6.07, 6.45) is -4.78. The van der Waals surface area contributed by atoms with Crippen molar-refractivity contribution in [3.63, 3.8) is 0 Å². The zero-order chi connectivity index (χ0) is 25.3. The summed E-state index contributed by atoms with van der Waals surface area (Å²) in [7, 11) is 0. The second-order valence-electron chi connectivity index (χ2n) is 8.01. The molecule has 0 atom stereocenters. The van der Waals surface area contributed by atoms with Gasteiger partial charge in [0, 0.05) is 28.2 Å². The van der Waals surface area contributed by atoms with Crippen molar-refractivity contribution in [2.24, 2.45) is 0 Å². The number of halogens is 4. The summed E-state index contributed by atoms with van der Waals surface area (Å²) in [5.74, 6) is -1.69. The number of amides is 1. The summed E-state index contributed by atoms with van der Waals surface area (Å²) in [5.41, 5.74) is 0.828. The van der Waals surface area contributed by atoms with Crippen molar-refractivity contribution in [2.75, 3.05) is 5.32 Å². The molecule has 1 aromatic heterocycles. The fourth-order valence-electron chi connectivity index (χ4n) is 3.95. The fraction of sp³-hybridized carbons (Fsp3) is 0.111. The van der Waals surface area contributed by atoms with E-state index in [2.05, 4.69) is 5.32 Å². The molecule has 0 fully saturated rings. The SMILES string of the molecule is Cc1cc(C(=O)Nc2ccc(C(=O)c3ccccc3)cc2)c(C)n1-c1ccc(F)cc1C(F)(F)F. The van der Waals surface area contributed by atoms with Gasteiger partial charge in [-0.1, -0.05) is 30.3 Å². The molecule has 0 aliphatic heterocycles. The second-order valence-corrected chi connectivity index (χ2v) is 8.01. The first-order valence-corrected chi connectivity index (χ1v) is 10.6. The smallest absolute Gasteiger partial charge is 0.322 e. The van der Waals surface area contributed by atoms with Gasteiger partial charge in [-0.3, -0.25) is 9.59 Å². The zero-order valence-corrected chi connectivity index (χ0v) is 18.8. The van der Waals surface area contributed by atoms with Crippen molar-refractivity contribution in [3.05, 3.63) is 118 Å². The van der Waals surface area contributed by atoms with E-state index in [0.717, 1.165) is 12.1 Å². The van der Waals surface area contributed by atoms with Crippen LogP contribution < -0.4 is 5.32 Å². The van der Waals surface area contributed by atoms with Crippen molar-refractivity contribution in [1.29, 1.82) is 0 Å². The number of nitrogens with zero attached hydrogens (tertiary/aromatic N) is 1. The summed E-state index contributed by atoms with van der Waals surface area (Å²) in [6.45, 7) is 3.09. The van der Waals surface area contributed by atoms with Crippen LogP contribution in [0.4, 0.5) is 23.2 Å². The quantitative estimate of drug-likeness (QED) is 0.254. The van der Waals surface area contributed by atoms with Gasteiger partial charge in [-0.25, -0.2) is 4.39 Å². The Labute approximate surface area is 198 Å². The Kier molecular flexibility index (Phi) is 6.30. The van der Waals surface area contributed by atoms with Crippen molar-refractivity contribution in [2.45, 2.75) is 20.0 Å². The molecule has 0 saturated heterocycles. The maximum Gasteiger partial charge on any atom is 0.418 e. The van der Waals surface area contributed by atoms with Crippen molar-refractivity contribution >= 4 is 17.4 Å². The molecule has 0 aliphatic rings. The summed E-state index contributed by atoms with van der Waals surface area (Å²) < 4.78 is 55.5. The highest BCUT2D eigenvalue weighted by atomic mass is 19.4. The fourth-order valence-corrected chi connectivity index (χ4v) is 3.95. The summed E-state index contributed by atoms with van der Waals surface area (Å²) in [5, 5.41) is 2.71. The van der Waals surface area contributed by atoms with Gasteiger partial charge < -0.3 is 9.88 Å². The lowest BCUT2D eigenvalue weighted by molar-refractivity contribution is -0.137. The molecule has 35 heavy (non-hydrogen) atoms. The third kappa shape index (κ3) is 4.87. The third-order valence-electron chi connectivity index (χ3n) is 5.62. The van der Waals surface area contributed by atoms with Gasteiger partial charge in [-0.05, 0) is 62.4 Å². The number of rotatable bonds is 5. The van der Waals surface area contributed by atoms with E-state index in [1.54, 1.807) is 55.5 Å². The first-order chi connectivity index (χ1) is 16.6. The van der Waals surface area contributed by atoms with E-state index in [9.17, 15) is 27.2 Å². The van der Waals surface area contributed by atoms with Crippen LogP contribution in [0.25, 0.3) is 5.69 Å². The second kappa shape index (κ2) is 9.21. The first kappa shape index (κ1) is 23.9. The Hall–Kier alpha value is -4.20. The molecule has 0 unspecified atom stereocenters. The Bertz CT molecular complexity index is 1410. The van der Waals surface area contributed by atoms with E-state index in [1.165, 1.54) is 17.6 Å².